The number of hydrogen-bond donors (Lipinski definition) is 1. The first-order valence-corrected chi connectivity index (χ1v) is 5.43. The molecule has 0 saturated heterocycles. The summed E-state index contributed by atoms with van der Waals surface area (Å²) in [6.07, 6.45) is 0.342. The number of rotatable bonds is 3. The van der Waals surface area contributed by atoms with E-state index in [9.17, 15) is 0 Å². The van der Waals surface area contributed by atoms with E-state index in [2.05, 4.69) is 13.8 Å². The molecule has 0 aliphatic rings. The molecule has 0 unspecified atom stereocenters. The van der Waals surface area contributed by atoms with E-state index in [-0.39, 0.29) is 0 Å². The highest BCUT2D eigenvalue weighted by molar-refractivity contribution is 6.46. The fraction of sp³-hybridized carbons (Fsp3) is 0.333. The van der Waals surface area contributed by atoms with Crippen LogP contribution in [0.25, 0.3) is 0 Å². The molecule has 0 fully saturated rings. The van der Waals surface area contributed by atoms with Crippen LogP contribution < -0.4 is 10.9 Å². The van der Waals surface area contributed by atoms with Crippen LogP contribution in [0.2, 0.25) is 0 Å². The van der Waals surface area contributed by atoms with Crippen LogP contribution in [0, 0.1) is 0 Å². The van der Waals surface area contributed by atoms with Gasteiger partial charge in [0.1, 0.15) is 0 Å². The molecule has 0 aromatic heterocycles. The third-order valence-corrected chi connectivity index (χ3v) is 3.20. The minimum absolute atomic E-state index is 0.342. The molecule has 0 spiro atoms. The lowest BCUT2D eigenvalue weighted by Crippen LogP contribution is -2.20. The summed E-state index contributed by atoms with van der Waals surface area (Å²) in [6, 6.07) is 7.94. The van der Waals surface area contributed by atoms with Crippen LogP contribution in [0.15, 0.2) is 24.3 Å². The average Bonchev–Trinajstić information content (AvgIpc) is 2.03. The maximum Gasteiger partial charge on any atom is 0.192 e. The summed E-state index contributed by atoms with van der Waals surface area (Å²) in [5.41, 5.74) is 6.37. The molecule has 1 aromatic carbocycles. The topological polar surface area (TPSA) is 35.2 Å². The van der Waals surface area contributed by atoms with Gasteiger partial charge < -0.3 is 10.2 Å². The van der Waals surface area contributed by atoms with Crippen molar-refractivity contribution in [3.8, 4) is 0 Å². The molecule has 2 N–H and O–H groups in total. The third kappa shape index (κ3) is 3.07. The Labute approximate surface area is 75.7 Å². The molecule has 3 heteroatoms. The van der Waals surface area contributed by atoms with Crippen molar-refractivity contribution in [3.05, 3.63) is 24.3 Å². The zero-order chi connectivity index (χ0) is 8.97. The van der Waals surface area contributed by atoms with Gasteiger partial charge in [-0.3, -0.25) is 0 Å². The molecule has 0 aliphatic carbocycles. The minimum atomic E-state index is -0.530. The van der Waals surface area contributed by atoms with E-state index in [1.165, 1.54) is 5.19 Å². The van der Waals surface area contributed by atoms with Gasteiger partial charge >= 0.3 is 0 Å². The molecule has 66 valence electrons. The summed E-state index contributed by atoms with van der Waals surface area (Å²) >= 11 is 0. The van der Waals surface area contributed by atoms with Crippen LogP contribution in [-0.4, -0.2) is 15.9 Å². The predicted molar refractivity (Wildman–Crippen MR) is 55.3 cm³/mol. The first kappa shape index (κ1) is 9.29. The predicted octanol–water partition coefficient (Wildman–Crippen LogP) is 0.403. The summed E-state index contributed by atoms with van der Waals surface area (Å²) in [5.74, 6) is 0. The summed E-state index contributed by atoms with van der Waals surface area (Å²) in [7, 11) is -0.530. The molecule has 0 amide bonds. The Balaban J connectivity index is 2.48. The Morgan fingerprint density at radius 2 is 1.83 bits per heavy atom. The normalized spacial score (nSPS) is 11.6. The van der Waals surface area contributed by atoms with Crippen LogP contribution in [0.1, 0.15) is 13.8 Å². The molecule has 0 aliphatic heterocycles. The SMILES string of the molecule is CC(C)O[SiH2]c1ccc(N)cc1. The van der Waals surface area contributed by atoms with Gasteiger partial charge in [0, 0.05) is 11.8 Å². The van der Waals surface area contributed by atoms with Gasteiger partial charge in [-0.15, -0.1) is 0 Å². The van der Waals surface area contributed by atoms with Crippen LogP contribution in [-0.2, 0) is 4.43 Å². The molecule has 0 bridgehead atoms. The Hall–Kier alpha value is -0.803. The van der Waals surface area contributed by atoms with Crippen molar-refractivity contribution in [2.24, 2.45) is 0 Å². The maximum atomic E-state index is 5.57. The van der Waals surface area contributed by atoms with Crippen molar-refractivity contribution in [2.45, 2.75) is 20.0 Å². The molecule has 0 heterocycles. The van der Waals surface area contributed by atoms with E-state index in [4.69, 9.17) is 10.2 Å². The van der Waals surface area contributed by atoms with E-state index < -0.39 is 9.76 Å². The Morgan fingerprint density at radius 3 is 2.33 bits per heavy atom. The first-order chi connectivity index (χ1) is 5.68. The van der Waals surface area contributed by atoms with Gasteiger partial charge in [0.25, 0.3) is 0 Å². The van der Waals surface area contributed by atoms with Gasteiger partial charge in [-0.1, -0.05) is 12.1 Å². The van der Waals surface area contributed by atoms with Crippen molar-refractivity contribution < 1.29 is 4.43 Å². The van der Waals surface area contributed by atoms with E-state index in [1.54, 1.807) is 0 Å². The summed E-state index contributed by atoms with van der Waals surface area (Å²) in [6.45, 7) is 4.12. The Bertz CT molecular complexity index is 233. The fourth-order valence-electron chi connectivity index (χ4n) is 0.877. The van der Waals surface area contributed by atoms with E-state index in [1.807, 2.05) is 24.3 Å². The molecule has 1 rings (SSSR count). The third-order valence-electron chi connectivity index (χ3n) is 1.56. The van der Waals surface area contributed by atoms with Gasteiger partial charge in [0.05, 0.1) is 0 Å². The quantitative estimate of drug-likeness (QED) is 0.541. The smallest absolute Gasteiger partial charge is 0.192 e. The number of nitrogens with two attached hydrogens (primary N) is 1. The van der Waals surface area contributed by atoms with Crippen LogP contribution in [0.5, 0.6) is 0 Å². The number of benzene rings is 1. The molecule has 2 nitrogen and oxygen atoms in total. The van der Waals surface area contributed by atoms with E-state index in [0.717, 1.165) is 5.69 Å². The standard InChI is InChI=1S/C9H15NOSi/c1-7(2)11-12-9-5-3-8(10)4-6-9/h3-7H,10,12H2,1-2H3. The van der Waals surface area contributed by atoms with Crippen molar-refractivity contribution >= 4 is 20.6 Å². The Kier molecular flexibility index (Phi) is 3.31. The largest absolute Gasteiger partial charge is 0.416 e. The highest BCUT2D eigenvalue weighted by atomic mass is 28.2. The fourth-order valence-corrected chi connectivity index (χ4v) is 1.83. The number of anilines is 1. The van der Waals surface area contributed by atoms with Crippen LogP contribution in [0.4, 0.5) is 5.69 Å². The van der Waals surface area contributed by atoms with Gasteiger partial charge in [0.2, 0.25) is 0 Å². The van der Waals surface area contributed by atoms with E-state index >= 15 is 0 Å². The molecular weight excluding hydrogens is 166 g/mol. The lowest BCUT2D eigenvalue weighted by molar-refractivity contribution is 0.260. The molecule has 0 atom stereocenters. The van der Waals surface area contributed by atoms with Crippen LogP contribution in [0.3, 0.4) is 0 Å². The first-order valence-electron chi connectivity index (χ1n) is 4.14. The maximum absolute atomic E-state index is 5.57. The van der Waals surface area contributed by atoms with Crippen molar-refractivity contribution in [3.63, 3.8) is 0 Å². The van der Waals surface area contributed by atoms with Gasteiger partial charge in [-0.2, -0.15) is 0 Å². The van der Waals surface area contributed by atoms with E-state index in [0.29, 0.717) is 6.10 Å². The zero-order valence-corrected chi connectivity index (χ0v) is 8.99. The molecule has 0 saturated carbocycles. The summed E-state index contributed by atoms with van der Waals surface area (Å²) in [5, 5.41) is 1.30. The highest BCUT2D eigenvalue weighted by Crippen LogP contribution is 1.96. The average molecular weight is 181 g/mol. The summed E-state index contributed by atoms with van der Waals surface area (Å²) in [4.78, 5) is 0. The Morgan fingerprint density at radius 1 is 1.25 bits per heavy atom. The summed E-state index contributed by atoms with van der Waals surface area (Å²) < 4.78 is 5.57. The molecule has 1 aromatic rings. The van der Waals surface area contributed by atoms with Crippen LogP contribution >= 0.6 is 0 Å². The second-order valence-corrected chi connectivity index (χ2v) is 4.54. The molecule has 12 heavy (non-hydrogen) atoms. The monoisotopic (exact) mass is 181 g/mol. The number of hydrogen-bond acceptors (Lipinski definition) is 2. The van der Waals surface area contributed by atoms with Gasteiger partial charge in [-0.25, -0.2) is 0 Å². The van der Waals surface area contributed by atoms with Crippen molar-refractivity contribution in [1.29, 1.82) is 0 Å². The van der Waals surface area contributed by atoms with Crippen molar-refractivity contribution in [2.75, 3.05) is 5.73 Å². The zero-order valence-electron chi connectivity index (χ0n) is 7.58. The second-order valence-electron chi connectivity index (χ2n) is 3.10. The lowest BCUT2D eigenvalue weighted by Gasteiger charge is -2.06. The molecular formula is C9H15NOSi. The minimum Gasteiger partial charge on any atom is -0.416 e. The highest BCUT2D eigenvalue weighted by Gasteiger charge is 1.96. The lowest BCUT2D eigenvalue weighted by atomic mass is 10.3. The van der Waals surface area contributed by atoms with Crippen molar-refractivity contribution in [1.82, 2.24) is 0 Å². The second kappa shape index (κ2) is 4.28. The van der Waals surface area contributed by atoms with Gasteiger partial charge in [-0.05, 0) is 31.2 Å². The molecule has 0 radical (unpaired) electrons. The number of nitrogen functional groups attached to an aromatic ring is 1. The van der Waals surface area contributed by atoms with Gasteiger partial charge in [0.15, 0.2) is 9.76 Å².